The molecule has 0 radical (unpaired) electrons. The normalized spacial score (nSPS) is 19.2. The molecule has 2 heterocycles. The summed E-state index contributed by atoms with van der Waals surface area (Å²) in [6.45, 7) is 0.465. The summed E-state index contributed by atoms with van der Waals surface area (Å²) in [4.78, 5) is 28.9. The van der Waals surface area contributed by atoms with Gasteiger partial charge in [-0.1, -0.05) is 11.8 Å². The van der Waals surface area contributed by atoms with Crippen molar-refractivity contribution in [3.63, 3.8) is 0 Å². The number of hydrogen-bond donors (Lipinski definition) is 2. The second kappa shape index (κ2) is 6.78. The van der Waals surface area contributed by atoms with E-state index in [2.05, 4.69) is 16.8 Å². The van der Waals surface area contributed by atoms with Crippen LogP contribution in [0.1, 0.15) is 22.5 Å². The second-order valence-electron chi connectivity index (χ2n) is 5.90. The highest BCUT2D eigenvalue weighted by Gasteiger charge is 2.42. The average Bonchev–Trinajstić information content (AvgIpc) is 3.22. The van der Waals surface area contributed by atoms with Crippen molar-refractivity contribution in [3.8, 4) is 28.2 Å². The number of nitrogens with two attached hydrogens (primary N) is 1. The molecular formula is C18H17N3O4S. The van der Waals surface area contributed by atoms with Crippen molar-refractivity contribution in [3.05, 3.63) is 34.8 Å². The fourth-order valence-corrected chi connectivity index (χ4v) is 3.44. The molecule has 1 saturated heterocycles. The van der Waals surface area contributed by atoms with Gasteiger partial charge in [0.05, 0.1) is 12.7 Å². The molecule has 134 valence electrons. The summed E-state index contributed by atoms with van der Waals surface area (Å²) in [5.74, 6) is 5.09. The van der Waals surface area contributed by atoms with Gasteiger partial charge in [-0.05, 0) is 18.2 Å². The first kappa shape index (κ1) is 17.9. The Kier molecular flexibility index (Phi) is 4.68. The number of methoxy groups -OCH3 is 1. The molecule has 0 saturated carbocycles. The number of aromatic nitrogens is 1. The summed E-state index contributed by atoms with van der Waals surface area (Å²) in [7, 11) is 3.16. The van der Waals surface area contributed by atoms with E-state index in [1.54, 1.807) is 30.6 Å². The molecule has 1 atom stereocenters. The van der Waals surface area contributed by atoms with E-state index in [0.29, 0.717) is 28.4 Å². The van der Waals surface area contributed by atoms with Crippen molar-refractivity contribution < 1.29 is 19.4 Å². The number of carbonyl (C=O) groups excluding carboxylic acids is 2. The van der Waals surface area contributed by atoms with Crippen LogP contribution in [0.5, 0.6) is 5.75 Å². The standard InChI is InChI=1S/C18H17N3O4S/c1-21-8-7-18(24,17(21)23)6-5-11-3-4-14(25-2)12(9-11)16-20-13(10-26-16)15(19)22/h3-4,9-10,24H,7-8H2,1-2H3,(H2,19,22)/t18-/m0/s1. The van der Waals surface area contributed by atoms with Gasteiger partial charge in [0.1, 0.15) is 16.5 Å². The fourth-order valence-electron chi connectivity index (χ4n) is 2.61. The van der Waals surface area contributed by atoms with Crippen LogP contribution in [0.15, 0.2) is 23.6 Å². The molecule has 2 amide bonds. The first-order valence-electron chi connectivity index (χ1n) is 7.79. The fraction of sp³-hybridized carbons (Fsp3) is 0.278. The Balaban J connectivity index is 1.97. The van der Waals surface area contributed by atoms with Gasteiger partial charge >= 0.3 is 0 Å². The van der Waals surface area contributed by atoms with E-state index in [0.717, 1.165) is 0 Å². The molecule has 0 bridgehead atoms. The van der Waals surface area contributed by atoms with E-state index >= 15 is 0 Å². The van der Waals surface area contributed by atoms with Crippen molar-refractivity contribution in [1.29, 1.82) is 0 Å². The minimum Gasteiger partial charge on any atom is -0.496 e. The molecule has 1 aromatic carbocycles. The molecule has 3 rings (SSSR count). The zero-order valence-electron chi connectivity index (χ0n) is 14.3. The van der Waals surface area contributed by atoms with Gasteiger partial charge in [-0.15, -0.1) is 11.3 Å². The van der Waals surface area contributed by atoms with Gasteiger partial charge in [0, 0.05) is 31.0 Å². The average molecular weight is 371 g/mol. The number of nitrogens with zero attached hydrogens (tertiary/aromatic N) is 2. The summed E-state index contributed by atoms with van der Waals surface area (Å²) in [5.41, 5.74) is 5.01. The molecule has 0 spiro atoms. The number of amides is 2. The Hall–Kier alpha value is -2.89. The number of aliphatic hydroxyl groups is 1. The lowest BCUT2D eigenvalue weighted by Crippen LogP contribution is -2.37. The summed E-state index contributed by atoms with van der Waals surface area (Å²) in [5, 5.41) is 12.5. The third kappa shape index (κ3) is 3.27. The van der Waals surface area contributed by atoms with E-state index in [1.807, 2.05) is 0 Å². The van der Waals surface area contributed by atoms with Crippen LogP contribution in [0.25, 0.3) is 10.6 Å². The van der Waals surface area contributed by atoms with Crippen molar-refractivity contribution in [2.24, 2.45) is 5.73 Å². The first-order chi connectivity index (χ1) is 12.3. The quantitative estimate of drug-likeness (QED) is 0.779. The molecular weight excluding hydrogens is 354 g/mol. The number of hydrogen-bond acceptors (Lipinski definition) is 6. The van der Waals surface area contributed by atoms with E-state index < -0.39 is 17.4 Å². The maximum Gasteiger partial charge on any atom is 0.268 e. The lowest BCUT2D eigenvalue weighted by molar-refractivity contribution is -0.137. The van der Waals surface area contributed by atoms with E-state index in [-0.39, 0.29) is 12.1 Å². The number of likely N-dealkylation sites (N-methyl/N-ethyl adjacent to an activating group) is 1. The van der Waals surface area contributed by atoms with Crippen LogP contribution in [-0.2, 0) is 4.79 Å². The number of likely N-dealkylation sites (tertiary alicyclic amines) is 1. The summed E-state index contributed by atoms with van der Waals surface area (Å²) in [6, 6.07) is 5.18. The molecule has 1 aliphatic heterocycles. The second-order valence-corrected chi connectivity index (χ2v) is 6.76. The highest BCUT2D eigenvalue weighted by Crippen LogP contribution is 2.33. The highest BCUT2D eigenvalue weighted by atomic mass is 32.1. The monoisotopic (exact) mass is 371 g/mol. The molecule has 26 heavy (non-hydrogen) atoms. The summed E-state index contributed by atoms with van der Waals surface area (Å²) in [6.07, 6.45) is 0.271. The highest BCUT2D eigenvalue weighted by molar-refractivity contribution is 7.13. The van der Waals surface area contributed by atoms with Gasteiger partial charge in [0.15, 0.2) is 0 Å². The number of primary amides is 1. The van der Waals surface area contributed by atoms with Crippen molar-refractivity contribution in [2.45, 2.75) is 12.0 Å². The molecule has 1 aliphatic rings. The van der Waals surface area contributed by atoms with Crippen molar-refractivity contribution >= 4 is 23.2 Å². The Bertz CT molecular complexity index is 943. The lowest BCUT2D eigenvalue weighted by Gasteiger charge is -2.13. The van der Waals surface area contributed by atoms with Crippen LogP contribution in [0.4, 0.5) is 0 Å². The van der Waals surface area contributed by atoms with Crippen molar-refractivity contribution in [1.82, 2.24) is 9.88 Å². The van der Waals surface area contributed by atoms with Crippen LogP contribution < -0.4 is 10.5 Å². The Morgan fingerprint density at radius 3 is 2.85 bits per heavy atom. The minimum atomic E-state index is -1.66. The third-order valence-electron chi connectivity index (χ3n) is 4.11. The maximum absolute atomic E-state index is 12.0. The SMILES string of the molecule is COc1ccc(C#C[C@]2(O)CCN(C)C2=O)cc1-c1nc(C(N)=O)cs1. The van der Waals surface area contributed by atoms with Crippen LogP contribution in [0.2, 0.25) is 0 Å². The molecule has 1 fully saturated rings. The van der Waals surface area contributed by atoms with E-state index in [1.165, 1.54) is 23.3 Å². The first-order valence-corrected chi connectivity index (χ1v) is 8.67. The largest absolute Gasteiger partial charge is 0.496 e. The van der Waals surface area contributed by atoms with Gasteiger partial charge in [0.25, 0.3) is 11.8 Å². The van der Waals surface area contributed by atoms with Crippen LogP contribution in [0.3, 0.4) is 0 Å². The lowest BCUT2D eigenvalue weighted by atomic mass is 10.0. The third-order valence-corrected chi connectivity index (χ3v) is 4.99. The van der Waals surface area contributed by atoms with Gasteiger partial charge in [0.2, 0.25) is 5.60 Å². The van der Waals surface area contributed by atoms with Crippen LogP contribution in [-0.4, -0.2) is 53.1 Å². The van der Waals surface area contributed by atoms with Crippen molar-refractivity contribution in [2.75, 3.05) is 20.7 Å². The summed E-state index contributed by atoms with van der Waals surface area (Å²) < 4.78 is 5.35. The number of thiazole rings is 1. The van der Waals surface area contributed by atoms with Crippen LogP contribution >= 0.6 is 11.3 Å². The van der Waals surface area contributed by atoms with Gasteiger partial charge in [-0.25, -0.2) is 4.98 Å². The van der Waals surface area contributed by atoms with Gasteiger partial charge in [-0.3, -0.25) is 9.59 Å². The van der Waals surface area contributed by atoms with Crippen LogP contribution in [0, 0.1) is 11.8 Å². The predicted octanol–water partition coefficient (Wildman–Crippen LogP) is 0.862. The minimum absolute atomic E-state index is 0.178. The zero-order chi connectivity index (χ0) is 18.9. The van der Waals surface area contributed by atoms with E-state index in [4.69, 9.17) is 10.5 Å². The topological polar surface area (TPSA) is 106 Å². The molecule has 1 aromatic heterocycles. The number of carbonyl (C=O) groups is 2. The molecule has 3 N–H and O–H groups in total. The molecule has 2 aromatic rings. The van der Waals surface area contributed by atoms with Gasteiger partial charge < -0.3 is 20.5 Å². The summed E-state index contributed by atoms with van der Waals surface area (Å²) >= 11 is 1.26. The van der Waals surface area contributed by atoms with Gasteiger partial charge in [-0.2, -0.15) is 0 Å². The Morgan fingerprint density at radius 2 is 2.27 bits per heavy atom. The van der Waals surface area contributed by atoms with E-state index in [9.17, 15) is 14.7 Å². The Labute approximate surface area is 154 Å². The number of ether oxygens (including phenoxy) is 1. The molecule has 8 heteroatoms. The predicted molar refractivity (Wildman–Crippen MR) is 96.7 cm³/mol. The number of benzene rings is 1. The molecule has 0 unspecified atom stereocenters. The number of rotatable bonds is 3. The zero-order valence-corrected chi connectivity index (χ0v) is 15.1. The smallest absolute Gasteiger partial charge is 0.268 e. The molecule has 7 nitrogen and oxygen atoms in total. The maximum atomic E-state index is 12.0. The Morgan fingerprint density at radius 1 is 1.50 bits per heavy atom. The molecule has 0 aliphatic carbocycles.